The predicted octanol–water partition coefficient (Wildman–Crippen LogP) is 4.86. The summed E-state index contributed by atoms with van der Waals surface area (Å²) < 4.78 is 79.3. The summed E-state index contributed by atoms with van der Waals surface area (Å²) in [5.74, 6) is -6.35. The maximum Gasteiger partial charge on any atom is 0.349 e. The summed E-state index contributed by atoms with van der Waals surface area (Å²) in [6.45, 7) is 3.30. The van der Waals surface area contributed by atoms with Gasteiger partial charge in [-0.2, -0.15) is 8.78 Å². The molecule has 0 saturated heterocycles. The molecule has 0 heterocycles. The average molecular weight is 330 g/mol. The van der Waals surface area contributed by atoms with E-state index in [1.807, 2.05) is 0 Å². The number of rotatable bonds is 6. The van der Waals surface area contributed by atoms with Gasteiger partial charge in [-0.3, -0.25) is 4.57 Å². The number of hydrogen-bond acceptors (Lipinski definition) is 1. The fourth-order valence-corrected chi connectivity index (χ4v) is 3.87. The van der Waals surface area contributed by atoms with Crippen molar-refractivity contribution in [2.45, 2.75) is 32.4 Å². The lowest BCUT2D eigenvalue weighted by atomic mass is 10.1. The van der Waals surface area contributed by atoms with Gasteiger partial charge >= 0.3 is 5.66 Å². The van der Waals surface area contributed by atoms with Crippen LogP contribution in [0.1, 0.15) is 32.3 Å². The molecule has 0 aromatic heterocycles. The molecule has 1 N–H and O–H groups in total. The minimum absolute atomic E-state index is 0.293. The minimum atomic E-state index is -5.13. The fourth-order valence-electron chi connectivity index (χ4n) is 2.07. The third-order valence-corrected chi connectivity index (χ3v) is 5.38. The monoisotopic (exact) mass is 330 g/mol. The molecule has 0 amide bonds. The fraction of sp³-hybridized carbons (Fsp3) is 0.538. The van der Waals surface area contributed by atoms with E-state index in [0.29, 0.717) is 25.0 Å². The molecule has 0 aliphatic rings. The van der Waals surface area contributed by atoms with Gasteiger partial charge in [0.05, 0.1) is 5.56 Å². The molecule has 2 nitrogen and oxygen atoms in total. The van der Waals surface area contributed by atoms with Gasteiger partial charge in [-0.05, 0) is 18.1 Å². The second-order valence-corrected chi connectivity index (χ2v) is 7.37. The third-order valence-electron chi connectivity index (χ3n) is 3.14. The molecule has 0 spiro atoms. The van der Waals surface area contributed by atoms with Crippen molar-refractivity contribution in [1.82, 2.24) is 0 Å². The molecule has 21 heavy (non-hydrogen) atoms. The standard InChI is InChI=1S/C13H16F5O2P/c1-3-4-8(2)7-21(19,20)13(17,18)9-5-6-10(14)12(16)11(9)15/h5-6,8H,3-4,7H2,1-2H3,(H,19,20). The first-order chi connectivity index (χ1) is 9.54. The first-order valence-electron chi connectivity index (χ1n) is 6.38. The van der Waals surface area contributed by atoms with Crippen LogP contribution >= 0.6 is 7.37 Å². The highest BCUT2D eigenvalue weighted by Gasteiger charge is 2.53. The summed E-state index contributed by atoms with van der Waals surface area (Å²) in [5.41, 5.74) is -6.08. The van der Waals surface area contributed by atoms with Gasteiger partial charge < -0.3 is 4.89 Å². The minimum Gasteiger partial charge on any atom is -0.340 e. The van der Waals surface area contributed by atoms with Crippen LogP contribution < -0.4 is 0 Å². The molecule has 120 valence electrons. The molecular weight excluding hydrogens is 314 g/mol. The zero-order chi connectivity index (χ0) is 16.4. The predicted molar refractivity (Wildman–Crippen MR) is 69.0 cm³/mol. The maximum absolute atomic E-state index is 14.1. The van der Waals surface area contributed by atoms with Crippen molar-refractivity contribution in [2.24, 2.45) is 5.92 Å². The second-order valence-electron chi connectivity index (χ2n) is 5.04. The largest absolute Gasteiger partial charge is 0.349 e. The molecule has 1 aromatic rings. The Morgan fingerprint density at radius 2 is 1.81 bits per heavy atom. The number of alkyl halides is 2. The van der Waals surface area contributed by atoms with Gasteiger partial charge in [-0.25, -0.2) is 13.2 Å². The molecule has 1 aromatic carbocycles. The lowest BCUT2D eigenvalue weighted by Crippen LogP contribution is -2.21. The Labute approximate surface area is 119 Å². The number of halogens is 5. The van der Waals surface area contributed by atoms with E-state index in [0.717, 1.165) is 0 Å². The number of benzene rings is 1. The van der Waals surface area contributed by atoms with Crippen LogP contribution in [0.15, 0.2) is 12.1 Å². The summed E-state index contributed by atoms with van der Waals surface area (Å²) in [7, 11) is -5.13. The Morgan fingerprint density at radius 3 is 2.33 bits per heavy atom. The normalized spacial score (nSPS) is 16.6. The van der Waals surface area contributed by atoms with Gasteiger partial charge in [0.1, 0.15) is 0 Å². The molecule has 0 aliphatic carbocycles. The molecule has 0 aliphatic heterocycles. The van der Waals surface area contributed by atoms with Crippen molar-refractivity contribution in [3.05, 3.63) is 35.1 Å². The highest BCUT2D eigenvalue weighted by molar-refractivity contribution is 7.58. The van der Waals surface area contributed by atoms with Crippen molar-refractivity contribution in [1.29, 1.82) is 0 Å². The molecule has 8 heteroatoms. The first kappa shape index (κ1) is 18.1. The molecule has 2 unspecified atom stereocenters. The summed E-state index contributed by atoms with van der Waals surface area (Å²) in [4.78, 5) is 9.60. The molecule has 2 atom stereocenters. The van der Waals surface area contributed by atoms with Gasteiger partial charge in [-0.1, -0.05) is 26.7 Å². The van der Waals surface area contributed by atoms with E-state index < -0.39 is 48.1 Å². The van der Waals surface area contributed by atoms with Crippen molar-refractivity contribution >= 4 is 7.37 Å². The number of hydrogen-bond donors (Lipinski definition) is 1. The van der Waals surface area contributed by atoms with Gasteiger partial charge in [0, 0.05) is 6.16 Å². The van der Waals surface area contributed by atoms with Crippen LogP contribution in [-0.4, -0.2) is 11.1 Å². The molecule has 1 rings (SSSR count). The summed E-state index contributed by atoms with van der Waals surface area (Å²) >= 11 is 0. The van der Waals surface area contributed by atoms with E-state index in [1.165, 1.54) is 6.92 Å². The van der Waals surface area contributed by atoms with Crippen molar-refractivity contribution in [2.75, 3.05) is 6.16 Å². The third kappa shape index (κ3) is 3.64. The van der Waals surface area contributed by atoms with Crippen LogP contribution in [0, 0.1) is 23.4 Å². The molecular formula is C13H16F5O2P. The van der Waals surface area contributed by atoms with E-state index >= 15 is 0 Å². The average Bonchev–Trinajstić information content (AvgIpc) is 2.35. The van der Waals surface area contributed by atoms with E-state index in [1.54, 1.807) is 6.92 Å². The van der Waals surface area contributed by atoms with Crippen LogP contribution in [-0.2, 0) is 10.2 Å². The Bertz CT molecular complexity index is 562. The van der Waals surface area contributed by atoms with Gasteiger partial charge in [0.15, 0.2) is 17.5 Å². The zero-order valence-electron chi connectivity index (χ0n) is 11.5. The van der Waals surface area contributed by atoms with E-state index in [-0.39, 0.29) is 0 Å². The Morgan fingerprint density at radius 1 is 1.24 bits per heavy atom. The first-order valence-corrected chi connectivity index (χ1v) is 8.22. The Balaban J connectivity index is 3.21. The zero-order valence-corrected chi connectivity index (χ0v) is 12.4. The van der Waals surface area contributed by atoms with E-state index in [9.17, 15) is 31.4 Å². The van der Waals surface area contributed by atoms with Crippen LogP contribution in [0.2, 0.25) is 0 Å². The quantitative estimate of drug-likeness (QED) is 0.459. The van der Waals surface area contributed by atoms with E-state index in [4.69, 9.17) is 0 Å². The summed E-state index contributed by atoms with van der Waals surface area (Å²) in [5, 5.41) is 0. The second kappa shape index (κ2) is 6.44. The highest BCUT2D eigenvalue weighted by Crippen LogP contribution is 2.63. The van der Waals surface area contributed by atoms with E-state index in [2.05, 4.69) is 0 Å². The Hall–Kier alpha value is -0.940. The lowest BCUT2D eigenvalue weighted by molar-refractivity contribution is 0.0683. The molecule has 0 bridgehead atoms. The van der Waals surface area contributed by atoms with Crippen molar-refractivity contribution in [3.8, 4) is 0 Å². The van der Waals surface area contributed by atoms with Gasteiger partial charge in [0.25, 0.3) is 7.37 Å². The van der Waals surface area contributed by atoms with Crippen LogP contribution in [0.4, 0.5) is 22.0 Å². The molecule has 0 saturated carbocycles. The smallest absolute Gasteiger partial charge is 0.340 e. The van der Waals surface area contributed by atoms with Gasteiger partial charge in [0.2, 0.25) is 0 Å². The van der Waals surface area contributed by atoms with Crippen LogP contribution in [0.5, 0.6) is 0 Å². The topological polar surface area (TPSA) is 37.3 Å². The van der Waals surface area contributed by atoms with Crippen molar-refractivity contribution < 1.29 is 31.4 Å². The maximum atomic E-state index is 14.1. The molecule has 0 radical (unpaired) electrons. The SMILES string of the molecule is CCCC(C)CP(=O)(O)C(F)(F)c1ccc(F)c(F)c1F. The van der Waals surface area contributed by atoms with Crippen LogP contribution in [0.3, 0.4) is 0 Å². The molecule has 0 fully saturated rings. The van der Waals surface area contributed by atoms with Crippen LogP contribution in [0.25, 0.3) is 0 Å². The lowest BCUT2D eigenvalue weighted by Gasteiger charge is -2.25. The van der Waals surface area contributed by atoms with Crippen molar-refractivity contribution in [3.63, 3.8) is 0 Å². The summed E-state index contributed by atoms with van der Waals surface area (Å²) in [6.07, 6.45) is 0.347. The van der Waals surface area contributed by atoms with Gasteiger partial charge in [-0.15, -0.1) is 0 Å². The highest BCUT2D eigenvalue weighted by atomic mass is 31.2. The summed E-state index contributed by atoms with van der Waals surface area (Å²) in [6, 6.07) is 0.595. The Kier molecular flexibility index (Phi) is 5.56.